The molecule has 0 saturated carbocycles. The predicted molar refractivity (Wildman–Crippen MR) is 73.6 cm³/mol. The van der Waals surface area contributed by atoms with E-state index in [-0.39, 0.29) is 30.3 Å². The van der Waals surface area contributed by atoms with Crippen LogP contribution in [0.15, 0.2) is 0 Å². The summed E-state index contributed by atoms with van der Waals surface area (Å²) in [4.78, 5) is 27.2. The van der Waals surface area contributed by atoms with E-state index in [2.05, 4.69) is 0 Å². The van der Waals surface area contributed by atoms with E-state index in [0.717, 1.165) is 19.3 Å². The molecule has 0 spiro atoms. The molecule has 1 rings (SSSR count). The Bertz CT molecular complexity index is 297. The molecule has 6 heteroatoms. The van der Waals surface area contributed by atoms with E-state index in [1.54, 1.807) is 23.9 Å². The van der Waals surface area contributed by atoms with E-state index < -0.39 is 6.04 Å². The van der Waals surface area contributed by atoms with E-state index in [1.807, 2.05) is 6.92 Å². The Balaban J connectivity index is 0.00000289. The molecule has 0 bridgehead atoms. The summed E-state index contributed by atoms with van der Waals surface area (Å²) in [5.41, 5.74) is 5.83. The third-order valence-corrected chi connectivity index (χ3v) is 3.18. The smallest absolute Gasteiger partial charge is 0.244 e. The number of likely N-dealkylation sites (N-methyl/N-ethyl adjacent to an activating group) is 1. The molecule has 1 fully saturated rings. The van der Waals surface area contributed by atoms with Crippen molar-refractivity contribution in [3.05, 3.63) is 0 Å². The second kappa shape index (κ2) is 7.59. The first-order valence-electron chi connectivity index (χ1n) is 6.26. The van der Waals surface area contributed by atoms with Crippen LogP contribution in [0.25, 0.3) is 0 Å². The summed E-state index contributed by atoms with van der Waals surface area (Å²) in [5.74, 6) is -0.0795. The van der Waals surface area contributed by atoms with Crippen molar-refractivity contribution in [3.8, 4) is 0 Å². The summed E-state index contributed by atoms with van der Waals surface area (Å²) in [6.07, 6.45) is 3.20. The van der Waals surface area contributed by atoms with E-state index >= 15 is 0 Å². The van der Waals surface area contributed by atoms with Gasteiger partial charge in [-0.3, -0.25) is 9.59 Å². The third-order valence-electron chi connectivity index (χ3n) is 3.18. The molecule has 1 saturated heterocycles. The van der Waals surface area contributed by atoms with Crippen LogP contribution in [-0.4, -0.2) is 54.3 Å². The van der Waals surface area contributed by atoms with Gasteiger partial charge >= 0.3 is 0 Å². The Kier molecular flexibility index (Phi) is 7.25. The number of carbonyl (C=O) groups is 2. The summed E-state index contributed by atoms with van der Waals surface area (Å²) < 4.78 is 0. The number of nitrogens with zero attached hydrogens (tertiary/aromatic N) is 2. The average molecular weight is 278 g/mol. The van der Waals surface area contributed by atoms with Crippen molar-refractivity contribution in [2.24, 2.45) is 5.73 Å². The summed E-state index contributed by atoms with van der Waals surface area (Å²) in [6.45, 7) is 2.65. The second-order valence-electron chi connectivity index (χ2n) is 4.82. The lowest BCUT2D eigenvalue weighted by atomic mass is 10.1. The minimum atomic E-state index is -0.462. The molecule has 1 aliphatic heterocycles. The molecule has 106 valence electrons. The molecule has 18 heavy (non-hydrogen) atoms. The summed E-state index contributed by atoms with van der Waals surface area (Å²) >= 11 is 0. The van der Waals surface area contributed by atoms with Crippen LogP contribution < -0.4 is 5.73 Å². The zero-order valence-electron chi connectivity index (χ0n) is 11.4. The first-order chi connectivity index (χ1) is 7.99. The number of hydrogen-bond acceptors (Lipinski definition) is 3. The van der Waals surface area contributed by atoms with Crippen LogP contribution in [0.3, 0.4) is 0 Å². The van der Waals surface area contributed by atoms with Gasteiger partial charge in [0.25, 0.3) is 0 Å². The lowest BCUT2D eigenvalue weighted by Crippen LogP contribution is -2.50. The van der Waals surface area contributed by atoms with Crippen LogP contribution in [0.5, 0.6) is 0 Å². The Labute approximate surface area is 115 Å². The quantitative estimate of drug-likeness (QED) is 0.819. The fourth-order valence-corrected chi connectivity index (χ4v) is 2.23. The van der Waals surface area contributed by atoms with Gasteiger partial charge < -0.3 is 15.5 Å². The molecule has 0 aliphatic carbocycles. The van der Waals surface area contributed by atoms with Crippen LogP contribution in [0, 0.1) is 0 Å². The van der Waals surface area contributed by atoms with Gasteiger partial charge in [-0.25, -0.2) is 0 Å². The van der Waals surface area contributed by atoms with Gasteiger partial charge in [0.1, 0.15) is 6.04 Å². The van der Waals surface area contributed by atoms with Gasteiger partial charge in [0.2, 0.25) is 11.8 Å². The number of halogens is 1. The average Bonchev–Trinajstić information content (AvgIpc) is 2.75. The van der Waals surface area contributed by atoms with Crippen molar-refractivity contribution in [2.45, 2.75) is 44.7 Å². The van der Waals surface area contributed by atoms with Gasteiger partial charge in [-0.2, -0.15) is 0 Å². The third kappa shape index (κ3) is 3.85. The maximum Gasteiger partial charge on any atom is 0.244 e. The number of carbonyl (C=O) groups excluding carboxylic acids is 2. The standard InChI is InChI=1S/C12H23N3O2.ClH/c1-4-6-9(13)11(16)15-8-5-7-10(15)12(17)14(2)3;/h9-10H,4-8,13H2,1-3H3;1H. The van der Waals surface area contributed by atoms with Crippen LogP contribution in [0.4, 0.5) is 0 Å². The zero-order chi connectivity index (χ0) is 13.0. The van der Waals surface area contributed by atoms with Gasteiger partial charge in [-0.05, 0) is 19.3 Å². The molecule has 0 radical (unpaired) electrons. The molecule has 5 nitrogen and oxygen atoms in total. The Morgan fingerprint density at radius 2 is 2.06 bits per heavy atom. The number of nitrogens with two attached hydrogens (primary N) is 1. The van der Waals surface area contributed by atoms with Crippen molar-refractivity contribution in [1.82, 2.24) is 9.80 Å². The summed E-state index contributed by atoms with van der Waals surface area (Å²) in [5, 5.41) is 0. The number of hydrogen-bond donors (Lipinski definition) is 1. The first kappa shape index (κ1) is 17.2. The highest BCUT2D eigenvalue weighted by Gasteiger charge is 2.36. The Hall–Kier alpha value is -0.810. The molecule has 1 heterocycles. The normalized spacial score (nSPS) is 20.2. The minimum absolute atomic E-state index is 0. The molecule has 2 amide bonds. The van der Waals surface area contributed by atoms with Gasteiger partial charge in [-0.1, -0.05) is 13.3 Å². The highest BCUT2D eigenvalue weighted by molar-refractivity contribution is 5.90. The second-order valence-corrected chi connectivity index (χ2v) is 4.82. The number of amides is 2. The minimum Gasteiger partial charge on any atom is -0.347 e. The zero-order valence-corrected chi connectivity index (χ0v) is 12.2. The fraction of sp³-hybridized carbons (Fsp3) is 0.833. The van der Waals surface area contributed by atoms with Gasteiger partial charge in [0, 0.05) is 20.6 Å². The van der Waals surface area contributed by atoms with Crippen LogP contribution in [-0.2, 0) is 9.59 Å². The van der Waals surface area contributed by atoms with Crippen LogP contribution in [0.2, 0.25) is 0 Å². The summed E-state index contributed by atoms with van der Waals surface area (Å²) in [6, 6.07) is -0.768. The number of rotatable bonds is 4. The van der Waals surface area contributed by atoms with E-state index in [9.17, 15) is 9.59 Å². The van der Waals surface area contributed by atoms with Gasteiger partial charge in [-0.15, -0.1) is 12.4 Å². The summed E-state index contributed by atoms with van der Waals surface area (Å²) in [7, 11) is 3.44. The fourth-order valence-electron chi connectivity index (χ4n) is 2.23. The first-order valence-corrected chi connectivity index (χ1v) is 6.26. The SMILES string of the molecule is CCCC(N)C(=O)N1CCCC1C(=O)N(C)C.Cl. The molecular weight excluding hydrogens is 254 g/mol. The van der Waals surface area contributed by atoms with E-state index in [0.29, 0.717) is 13.0 Å². The molecule has 2 unspecified atom stereocenters. The monoisotopic (exact) mass is 277 g/mol. The lowest BCUT2D eigenvalue weighted by molar-refractivity contribution is -0.143. The van der Waals surface area contributed by atoms with Crippen molar-refractivity contribution < 1.29 is 9.59 Å². The molecule has 0 aromatic carbocycles. The van der Waals surface area contributed by atoms with Gasteiger partial charge in [0.05, 0.1) is 6.04 Å². The van der Waals surface area contributed by atoms with E-state index in [1.165, 1.54) is 0 Å². The highest BCUT2D eigenvalue weighted by Crippen LogP contribution is 2.20. The maximum atomic E-state index is 12.1. The van der Waals surface area contributed by atoms with Crippen molar-refractivity contribution in [3.63, 3.8) is 0 Å². The molecule has 2 atom stereocenters. The van der Waals surface area contributed by atoms with Gasteiger partial charge in [0.15, 0.2) is 0 Å². The topological polar surface area (TPSA) is 66.6 Å². The van der Waals surface area contributed by atoms with Crippen molar-refractivity contribution in [2.75, 3.05) is 20.6 Å². The molecule has 2 N–H and O–H groups in total. The van der Waals surface area contributed by atoms with E-state index in [4.69, 9.17) is 5.73 Å². The van der Waals surface area contributed by atoms with Crippen LogP contribution in [0.1, 0.15) is 32.6 Å². The molecular formula is C12H24ClN3O2. The number of likely N-dealkylation sites (tertiary alicyclic amines) is 1. The molecule has 0 aromatic rings. The highest BCUT2D eigenvalue weighted by atomic mass is 35.5. The Morgan fingerprint density at radius 1 is 1.44 bits per heavy atom. The van der Waals surface area contributed by atoms with Crippen molar-refractivity contribution in [1.29, 1.82) is 0 Å². The Morgan fingerprint density at radius 3 is 2.56 bits per heavy atom. The van der Waals surface area contributed by atoms with Crippen LogP contribution >= 0.6 is 12.4 Å². The molecule has 0 aromatic heterocycles. The maximum absolute atomic E-state index is 12.1. The van der Waals surface area contributed by atoms with Crippen molar-refractivity contribution >= 4 is 24.2 Å². The lowest BCUT2D eigenvalue weighted by Gasteiger charge is -2.28. The molecule has 1 aliphatic rings. The largest absolute Gasteiger partial charge is 0.347 e. The predicted octanol–water partition coefficient (Wildman–Crippen LogP) is 0.615.